The number of nitrogens with zero attached hydrogens (tertiary/aromatic N) is 2. The Kier molecular flexibility index (Phi) is 11.2. The third kappa shape index (κ3) is 10.3. The molecule has 8 nitrogen and oxygen atoms in total. The molecule has 2 unspecified atom stereocenters. The minimum absolute atomic E-state index is 0.411. The van der Waals surface area contributed by atoms with E-state index in [1.54, 1.807) is 41.5 Å². The number of carbonyl (C=O) groups excluding carboxylic acids is 4. The molecule has 0 aliphatic carbocycles. The molecule has 214 valence electrons. The van der Waals surface area contributed by atoms with E-state index in [0.29, 0.717) is 0 Å². The van der Waals surface area contributed by atoms with Crippen LogP contribution in [0.5, 0.6) is 0 Å². The zero-order chi connectivity index (χ0) is 30.1. The lowest BCUT2D eigenvalue weighted by molar-refractivity contribution is -0.160. The predicted molar refractivity (Wildman–Crippen MR) is 155 cm³/mol. The van der Waals surface area contributed by atoms with Crippen molar-refractivity contribution in [1.29, 1.82) is 0 Å². The summed E-state index contributed by atoms with van der Waals surface area (Å²) in [6, 6.07) is 17.2. The van der Waals surface area contributed by atoms with Crippen molar-refractivity contribution < 1.29 is 28.7 Å². The van der Waals surface area contributed by atoms with E-state index < -0.39 is 58.6 Å². The minimum atomic E-state index is -1.21. The Morgan fingerprint density at radius 2 is 0.900 bits per heavy atom. The van der Waals surface area contributed by atoms with Gasteiger partial charge in [0, 0.05) is 12.4 Å². The van der Waals surface area contributed by atoms with Crippen molar-refractivity contribution in [3.8, 4) is 0 Å². The fraction of sp³-hybridized carbons (Fsp3) is 0.438. The molecule has 0 heterocycles. The third-order valence-corrected chi connectivity index (χ3v) is 5.57. The van der Waals surface area contributed by atoms with E-state index in [-0.39, 0.29) is 0 Å². The standard InChI is InChI=1S/C32H40N2O6/c1-21(35)25(29(37)39-31(3,4)5)19-33-27(23-15-11-9-12-16-23)28(24-17-13-10-14-18-24)34-20-26(22(2)36)30(38)40-32(6,7)8/h9-20,25-28H,1-8H3/t25?,26?,27-,28-/m0/s1. The molecule has 0 radical (unpaired) electrons. The number of aliphatic imine (C=N–C) groups is 2. The van der Waals surface area contributed by atoms with E-state index >= 15 is 0 Å². The first-order valence-corrected chi connectivity index (χ1v) is 13.2. The number of ether oxygens (including phenoxy) is 2. The summed E-state index contributed by atoms with van der Waals surface area (Å²) in [5.41, 5.74) is -0.0455. The average Bonchev–Trinajstić information content (AvgIpc) is 2.83. The van der Waals surface area contributed by atoms with Crippen molar-refractivity contribution in [2.75, 3.05) is 0 Å². The quantitative estimate of drug-likeness (QED) is 0.202. The Balaban J connectivity index is 2.62. The molecule has 0 amide bonds. The van der Waals surface area contributed by atoms with Gasteiger partial charge in [0.2, 0.25) is 0 Å². The number of carbonyl (C=O) groups is 4. The summed E-state index contributed by atoms with van der Waals surface area (Å²) in [6.45, 7) is 13.0. The van der Waals surface area contributed by atoms with Crippen molar-refractivity contribution in [2.24, 2.45) is 21.8 Å². The highest BCUT2D eigenvalue weighted by Gasteiger charge is 2.31. The van der Waals surface area contributed by atoms with Gasteiger partial charge in [0.25, 0.3) is 0 Å². The van der Waals surface area contributed by atoms with Gasteiger partial charge in [0.15, 0.2) is 0 Å². The molecule has 0 aromatic heterocycles. The molecular weight excluding hydrogens is 508 g/mol. The second-order valence-corrected chi connectivity index (χ2v) is 11.6. The van der Waals surface area contributed by atoms with Crippen LogP contribution in [0, 0.1) is 11.8 Å². The van der Waals surface area contributed by atoms with Crippen LogP contribution in [-0.4, -0.2) is 47.1 Å². The summed E-state index contributed by atoms with van der Waals surface area (Å²) in [6.07, 6.45) is 2.60. The molecule has 40 heavy (non-hydrogen) atoms. The summed E-state index contributed by atoms with van der Waals surface area (Å²) in [4.78, 5) is 59.9. The number of ketones is 2. The van der Waals surface area contributed by atoms with Crippen LogP contribution in [0.15, 0.2) is 70.6 Å². The van der Waals surface area contributed by atoms with E-state index in [2.05, 4.69) is 0 Å². The van der Waals surface area contributed by atoms with Gasteiger partial charge in [0.1, 0.15) is 46.7 Å². The lowest BCUT2D eigenvalue weighted by Gasteiger charge is -2.24. The fourth-order valence-electron chi connectivity index (χ4n) is 3.75. The number of rotatable bonds is 11. The Labute approximate surface area is 236 Å². The topological polar surface area (TPSA) is 111 Å². The van der Waals surface area contributed by atoms with E-state index in [1.807, 2.05) is 60.7 Å². The highest BCUT2D eigenvalue weighted by molar-refractivity contribution is 6.12. The molecule has 0 bridgehead atoms. The normalized spacial score (nSPS) is 15.3. The number of benzene rings is 2. The van der Waals surface area contributed by atoms with Gasteiger partial charge in [-0.25, -0.2) is 0 Å². The van der Waals surface area contributed by atoms with E-state index in [0.717, 1.165) is 11.1 Å². The maximum atomic E-state index is 12.8. The molecule has 8 heteroatoms. The maximum absolute atomic E-state index is 12.8. The molecule has 0 N–H and O–H groups in total. The molecule has 4 atom stereocenters. The lowest BCUT2D eigenvalue weighted by atomic mass is 9.93. The van der Waals surface area contributed by atoms with Crippen LogP contribution in [-0.2, 0) is 28.7 Å². The number of hydrogen-bond acceptors (Lipinski definition) is 8. The van der Waals surface area contributed by atoms with Gasteiger partial charge >= 0.3 is 11.9 Å². The van der Waals surface area contributed by atoms with Crippen LogP contribution in [0.25, 0.3) is 0 Å². The van der Waals surface area contributed by atoms with E-state index in [1.165, 1.54) is 26.3 Å². The van der Waals surface area contributed by atoms with Crippen LogP contribution in [0.2, 0.25) is 0 Å². The van der Waals surface area contributed by atoms with Gasteiger partial charge in [0.05, 0.1) is 0 Å². The van der Waals surface area contributed by atoms with Crippen molar-refractivity contribution in [3.05, 3.63) is 71.8 Å². The smallest absolute Gasteiger partial charge is 0.322 e. The van der Waals surface area contributed by atoms with Gasteiger partial charge in [-0.15, -0.1) is 0 Å². The van der Waals surface area contributed by atoms with Crippen LogP contribution in [0.4, 0.5) is 0 Å². The summed E-state index contributed by atoms with van der Waals surface area (Å²) in [7, 11) is 0. The molecule has 2 rings (SSSR count). The number of hydrogen-bond donors (Lipinski definition) is 0. The number of esters is 2. The van der Waals surface area contributed by atoms with Crippen molar-refractivity contribution in [1.82, 2.24) is 0 Å². The first-order valence-electron chi connectivity index (χ1n) is 13.2. The molecule has 2 aromatic carbocycles. The molecular formula is C32H40N2O6. The van der Waals surface area contributed by atoms with Crippen LogP contribution >= 0.6 is 0 Å². The van der Waals surface area contributed by atoms with Crippen LogP contribution in [0.1, 0.15) is 78.6 Å². The van der Waals surface area contributed by atoms with Gasteiger partial charge in [-0.05, 0) is 66.5 Å². The zero-order valence-corrected chi connectivity index (χ0v) is 24.6. The highest BCUT2D eigenvalue weighted by atomic mass is 16.6. The largest absolute Gasteiger partial charge is 0.459 e. The Morgan fingerprint density at radius 3 is 1.15 bits per heavy atom. The molecule has 0 aliphatic rings. The van der Waals surface area contributed by atoms with Crippen LogP contribution < -0.4 is 0 Å². The Morgan fingerprint density at radius 1 is 0.600 bits per heavy atom. The zero-order valence-electron chi connectivity index (χ0n) is 24.6. The lowest BCUT2D eigenvalue weighted by Crippen LogP contribution is -2.33. The maximum Gasteiger partial charge on any atom is 0.322 e. The van der Waals surface area contributed by atoms with E-state index in [4.69, 9.17) is 19.5 Å². The molecule has 0 fully saturated rings. The summed E-state index contributed by atoms with van der Waals surface area (Å²) in [5, 5.41) is 0. The van der Waals surface area contributed by atoms with Gasteiger partial charge < -0.3 is 9.47 Å². The minimum Gasteiger partial charge on any atom is -0.459 e. The molecule has 0 spiro atoms. The SMILES string of the molecule is CC(=O)C(C=N[C@@H](c1ccccc1)[C@@H](N=CC(C(C)=O)C(=O)OC(C)(C)C)c1ccccc1)C(=O)OC(C)(C)C. The summed E-state index contributed by atoms with van der Waals surface area (Å²) < 4.78 is 10.9. The first-order chi connectivity index (χ1) is 18.6. The predicted octanol–water partition coefficient (Wildman–Crippen LogP) is 5.70. The molecule has 0 saturated carbocycles. The van der Waals surface area contributed by atoms with Crippen LogP contribution in [0.3, 0.4) is 0 Å². The molecule has 2 aromatic rings. The van der Waals surface area contributed by atoms with Gasteiger partial charge in [-0.3, -0.25) is 29.2 Å². The fourth-order valence-corrected chi connectivity index (χ4v) is 3.75. The summed E-state index contributed by atoms with van der Waals surface area (Å²) in [5.74, 6) is -4.64. The van der Waals surface area contributed by atoms with Crippen molar-refractivity contribution in [3.63, 3.8) is 0 Å². The van der Waals surface area contributed by atoms with Crippen molar-refractivity contribution >= 4 is 35.9 Å². The second kappa shape index (κ2) is 13.9. The molecule has 0 aliphatic heterocycles. The van der Waals surface area contributed by atoms with E-state index in [9.17, 15) is 19.2 Å². The highest BCUT2D eigenvalue weighted by Crippen LogP contribution is 2.35. The Hall–Kier alpha value is -3.94. The van der Waals surface area contributed by atoms with Gasteiger partial charge in [-0.2, -0.15) is 0 Å². The summed E-state index contributed by atoms with van der Waals surface area (Å²) >= 11 is 0. The monoisotopic (exact) mass is 548 g/mol. The Bertz CT molecular complexity index is 1130. The second-order valence-electron chi connectivity index (χ2n) is 11.6. The van der Waals surface area contributed by atoms with Gasteiger partial charge in [-0.1, -0.05) is 60.7 Å². The third-order valence-electron chi connectivity index (χ3n) is 5.57. The average molecular weight is 549 g/mol. The van der Waals surface area contributed by atoms with Crippen molar-refractivity contribution in [2.45, 2.75) is 78.7 Å². The molecule has 0 saturated heterocycles. The number of Topliss-reactive ketones (excluding diaryl/α,β-unsaturated/α-hetero) is 2. The first kappa shape index (κ1) is 32.3.